The third-order valence-electron chi connectivity index (χ3n) is 6.34. The second kappa shape index (κ2) is 10.7. The van der Waals surface area contributed by atoms with Gasteiger partial charge in [-0.2, -0.15) is 0 Å². The van der Waals surface area contributed by atoms with Crippen LogP contribution in [0.5, 0.6) is 0 Å². The zero-order chi connectivity index (χ0) is 21.6. The van der Waals surface area contributed by atoms with Crippen LogP contribution >= 0.6 is 11.3 Å². The van der Waals surface area contributed by atoms with Crippen molar-refractivity contribution in [1.29, 1.82) is 0 Å². The van der Waals surface area contributed by atoms with Gasteiger partial charge in [0.25, 0.3) is 0 Å². The van der Waals surface area contributed by atoms with Crippen molar-refractivity contribution in [2.45, 2.75) is 109 Å². The number of ether oxygens (including phenoxy) is 2. The number of thiazole rings is 1. The quantitative estimate of drug-likeness (QED) is 0.445. The van der Waals surface area contributed by atoms with E-state index >= 15 is 0 Å². The van der Waals surface area contributed by atoms with Crippen molar-refractivity contribution in [2.24, 2.45) is 0 Å². The van der Waals surface area contributed by atoms with Gasteiger partial charge < -0.3 is 9.47 Å². The summed E-state index contributed by atoms with van der Waals surface area (Å²) in [6.07, 6.45) is 10.8. The van der Waals surface area contributed by atoms with Gasteiger partial charge in [-0.3, -0.25) is 9.59 Å². The normalized spacial score (nSPS) is 29.9. The predicted molar refractivity (Wildman–Crippen MR) is 119 cm³/mol. The fourth-order valence-corrected chi connectivity index (χ4v) is 4.94. The van der Waals surface area contributed by atoms with Crippen LogP contribution in [-0.2, 0) is 19.1 Å². The number of epoxide rings is 1. The number of aromatic nitrogens is 1. The van der Waals surface area contributed by atoms with Crippen LogP contribution in [0.2, 0.25) is 0 Å². The van der Waals surface area contributed by atoms with Crippen molar-refractivity contribution in [3.8, 4) is 0 Å². The molecule has 3 unspecified atom stereocenters. The summed E-state index contributed by atoms with van der Waals surface area (Å²) in [6, 6.07) is 0. The molecule has 1 aromatic heterocycles. The Morgan fingerprint density at radius 3 is 2.70 bits per heavy atom. The van der Waals surface area contributed by atoms with Crippen LogP contribution < -0.4 is 0 Å². The highest BCUT2D eigenvalue weighted by Crippen LogP contribution is 2.47. The van der Waals surface area contributed by atoms with Crippen molar-refractivity contribution in [3.05, 3.63) is 21.7 Å². The molecule has 0 radical (unpaired) electrons. The third-order valence-corrected chi connectivity index (χ3v) is 7.13. The van der Waals surface area contributed by atoms with Gasteiger partial charge in [-0.15, -0.1) is 11.3 Å². The zero-order valence-corrected chi connectivity index (χ0v) is 19.4. The highest BCUT2D eigenvalue weighted by atomic mass is 32.1. The highest BCUT2D eigenvalue weighted by Gasteiger charge is 2.55. The van der Waals surface area contributed by atoms with Gasteiger partial charge >= 0.3 is 5.97 Å². The number of rotatable bonds is 3. The number of cyclic esters (lactones) is 1. The summed E-state index contributed by atoms with van der Waals surface area (Å²) >= 11 is 1.61. The van der Waals surface area contributed by atoms with Gasteiger partial charge in [-0.1, -0.05) is 26.2 Å². The summed E-state index contributed by atoms with van der Waals surface area (Å²) in [5.41, 5.74) is 1.71. The number of carbonyl (C=O) groups excluding carboxylic acids is 2. The van der Waals surface area contributed by atoms with E-state index in [4.69, 9.17) is 9.47 Å². The maximum Gasteiger partial charge on any atom is 0.306 e. The van der Waals surface area contributed by atoms with Crippen molar-refractivity contribution in [1.82, 2.24) is 4.98 Å². The molecule has 0 aromatic carbocycles. The Morgan fingerprint density at radius 2 is 1.97 bits per heavy atom. The Balaban J connectivity index is 1.74. The third kappa shape index (κ3) is 6.48. The van der Waals surface area contributed by atoms with Crippen LogP contribution in [0.3, 0.4) is 0 Å². The van der Waals surface area contributed by atoms with Crippen molar-refractivity contribution in [2.75, 3.05) is 0 Å². The molecule has 166 valence electrons. The topological polar surface area (TPSA) is 68.8 Å². The minimum Gasteiger partial charge on any atom is -0.458 e. The van der Waals surface area contributed by atoms with Crippen LogP contribution in [0.4, 0.5) is 0 Å². The van der Waals surface area contributed by atoms with Gasteiger partial charge in [-0.25, -0.2) is 4.98 Å². The Kier molecular flexibility index (Phi) is 8.23. The lowest BCUT2D eigenvalue weighted by molar-refractivity contribution is -0.148. The first-order valence-electron chi connectivity index (χ1n) is 11.4. The van der Waals surface area contributed by atoms with E-state index in [2.05, 4.69) is 11.9 Å². The molecule has 6 heteroatoms. The van der Waals surface area contributed by atoms with E-state index in [0.29, 0.717) is 25.7 Å². The first-order valence-corrected chi connectivity index (χ1v) is 12.3. The smallest absolute Gasteiger partial charge is 0.306 e. The van der Waals surface area contributed by atoms with Crippen LogP contribution in [0.1, 0.15) is 95.2 Å². The lowest BCUT2D eigenvalue weighted by Crippen LogP contribution is -2.28. The van der Waals surface area contributed by atoms with Crippen LogP contribution in [0.15, 0.2) is 11.0 Å². The van der Waals surface area contributed by atoms with E-state index in [1.165, 1.54) is 0 Å². The van der Waals surface area contributed by atoms with Gasteiger partial charge in [0.15, 0.2) is 0 Å². The van der Waals surface area contributed by atoms with Crippen LogP contribution in [0, 0.1) is 6.92 Å². The average Bonchev–Trinajstić information content (AvgIpc) is 3.24. The lowest BCUT2D eigenvalue weighted by Gasteiger charge is -2.23. The molecule has 0 spiro atoms. The minimum absolute atomic E-state index is 0.189. The number of ketones is 1. The average molecular weight is 434 g/mol. The molecule has 2 aliphatic heterocycles. The first kappa shape index (κ1) is 23.1. The fourth-order valence-electron chi connectivity index (χ4n) is 4.37. The molecule has 5 nitrogen and oxygen atoms in total. The number of nitrogens with zero attached hydrogens (tertiary/aromatic N) is 1. The van der Waals surface area contributed by atoms with Crippen molar-refractivity contribution < 1.29 is 19.1 Å². The van der Waals surface area contributed by atoms with Gasteiger partial charge in [0.2, 0.25) is 0 Å². The van der Waals surface area contributed by atoms with Crippen molar-refractivity contribution in [3.63, 3.8) is 0 Å². The van der Waals surface area contributed by atoms with E-state index in [9.17, 15) is 9.59 Å². The Labute approximate surface area is 184 Å². The number of hydrogen-bond donors (Lipinski definition) is 0. The predicted octanol–water partition coefficient (Wildman–Crippen LogP) is 5.80. The monoisotopic (exact) mass is 433 g/mol. The maximum absolute atomic E-state index is 12.6. The number of aryl methyl sites for hydroxylation is 1. The molecule has 30 heavy (non-hydrogen) atoms. The molecule has 0 amide bonds. The lowest BCUT2D eigenvalue weighted by atomic mass is 9.89. The number of hydrogen-bond acceptors (Lipinski definition) is 6. The molecule has 0 bridgehead atoms. The standard InChI is InChI=1S/C24H35NO4S/c1-4-24-15-21(17(2)14-19-16-30-18(3)25-19)28-23(27)13-9-11-20(26)10-7-5-6-8-12-22(24)29-24/h14,16,21-22H,4-13,15H2,1-3H3/b17-14+. The molecule has 0 saturated carbocycles. The minimum atomic E-state index is -0.326. The Morgan fingerprint density at radius 1 is 1.20 bits per heavy atom. The van der Waals surface area contributed by atoms with Gasteiger partial charge in [-0.05, 0) is 51.2 Å². The molecule has 3 atom stereocenters. The number of esters is 1. The summed E-state index contributed by atoms with van der Waals surface area (Å²) in [6.45, 7) is 6.15. The molecule has 2 saturated heterocycles. The summed E-state index contributed by atoms with van der Waals surface area (Å²) in [5, 5.41) is 3.04. The molecule has 1 aromatic rings. The van der Waals surface area contributed by atoms with E-state index < -0.39 is 0 Å². The van der Waals surface area contributed by atoms with E-state index in [1.807, 2.05) is 25.3 Å². The first-order chi connectivity index (χ1) is 14.4. The SMILES string of the molecule is CCC12CC(/C(C)=C/c3csc(C)n3)OC(=O)CCCC(=O)CCCCCCC1O2. The number of carbonyl (C=O) groups is 2. The fraction of sp³-hybridized carbons (Fsp3) is 0.708. The second-order valence-electron chi connectivity index (χ2n) is 8.73. The Hall–Kier alpha value is -1.53. The molecule has 2 fully saturated rings. The van der Waals surface area contributed by atoms with Crippen molar-refractivity contribution >= 4 is 29.2 Å². The largest absolute Gasteiger partial charge is 0.458 e. The van der Waals surface area contributed by atoms with Crippen LogP contribution in [-0.4, -0.2) is 34.5 Å². The second-order valence-corrected chi connectivity index (χ2v) is 9.79. The van der Waals surface area contributed by atoms with Crippen LogP contribution in [0.25, 0.3) is 6.08 Å². The van der Waals surface area contributed by atoms with Gasteiger partial charge in [0.05, 0.1) is 22.4 Å². The van der Waals surface area contributed by atoms with E-state index in [1.54, 1.807) is 11.3 Å². The molecule has 0 aliphatic carbocycles. The summed E-state index contributed by atoms with van der Waals surface area (Å²) < 4.78 is 12.1. The van der Waals surface area contributed by atoms with Gasteiger partial charge in [0, 0.05) is 31.1 Å². The summed E-state index contributed by atoms with van der Waals surface area (Å²) in [4.78, 5) is 29.1. The molecule has 3 rings (SSSR count). The summed E-state index contributed by atoms with van der Waals surface area (Å²) in [5.74, 6) is 0.0301. The molecule has 3 heterocycles. The maximum atomic E-state index is 12.6. The molecular weight excluding hydrogens is 398 g/mol. The zero-order valence-electron chi connectivity index (χ0n) is 18.6. The number of fused-ring (bicyclic) bond motifs is 1. The summed E-state index contributed by atoms with van der Waals surface area (Å²) in [7, 11) is 0. The molecular formula is C24H35NO4S. The number of Topliss-reactive ketones (excluding diaryl/α,β-unsaturated/α-hetero) is 1. The highest BCUT2D eigenvalue weighted by molar-refractivity contribution is 7.09. The van der Waals surface area contributed by atoms with E-state index in [0.717, 1.165) is 54.8 Å². The molecule has 2 aliphatic rings. The van der Waals surface area contributed by atoms with E-state index in [-0.39, 0.29) is 36.0 Å². The molecule has 0 N–H and O–H groups in total. The Bertz CT molecular complexity index is 771. The van der Waals surface area contributed by atoms with Gasteiger partial charge in [0.1, 0.15) is 11.9 Å².